The van der Waals surface area contributed by atoms with E-state index in [1.807, 2.05) is 42.5 Å². The van der Waals surface area contributed by atoms with Crippen LogP contribution < -0.4 is 16.6 Å². The van der Waals surface area contributed by atoms with Crippen LogP contribution in [0.1, 0.15) is 23.1 Å². The number of rotatable bonds is 2. The molecule has 4 N–H and O–H groups in total. The fourth-order valence-electron chi connectivity index (χ4n) is 3.74. The summed E-state index contributed by atoms with van der Waals surface area (Å²) in [5.74, 6) is 0.00240. The molecule has 2 aliphatic heterocycles. The molecule has 25 heavy (non-hydrogen) atoms. The van der Waals surface area contributed by atoms with Crippen LogP contribution in [-0.2, 0) is 4.74 Å². The van der Waals surface area contributed by atoms with Crippen LogP contribution >= 0.6 is 15.9 Å². The van der Waals surface area contributed by atoms with Crippen molar-refractivity contribution in [3.8, 4) is 6.07 Å². The van der Waals surface area contributed by atoms with Gasteiger partial charge in [0.1, 0.15) is 6.07 Å². The predicted molar refractivity (Wildman–Crippen MR) is 97.5 cm³/mol. The Hall–Kier alpha value is -2.33. The number of hydrogen-bond acceptors (Lipinski definition) is 5. The number of nitrogens with zero attached hydrogens (tertiary/aromatic N) is 1. The van der Waals surface area contributed by atoms with Gasteiger partial charge in [-0.15, -0.1) is 0 Å². The molecular formula is C19H17BrN4O. The molecule has 2 aromatic rings. The molecule has 0 aliphatic carbocycles. The Labute approximate surface area is 154 Å². The molecule has 5 nitrogen and oxygen atoms in total. The molecule has 0 amide bonds. The summed E-state index contributed by atoms with van der Waals surface area (Å²) in [6.45, 7) is 0. The van der Waals surface area contributed by atoms with Crippen molar-refractivity contribution >= 4 is 15.9 Å². The van der Waals surface area contributed by atoms with Gasteiger partial charge in [0, 0.05) is 16.3 Å². The molecule has 0 bridgehead atoms. The summed E-state index contributed by atoms with van der Waals surface area (Å²) < 4.78 is 6.76. The maximum absolute atomic E-state index is 9.74. The summed E-state index contributed by atoms with van der Waals surface area (Å²) in [6.07, 6.45) is -0.306. The van der Waals surface area contributed by atoms with E-state index in [-0.39, 0.29) is 30.0 Å². The summed E-state index contributed by atoms with van der Waals surface area (Å²) in [5.41, 5.74) is 15.2. The van der Waals surface area contributed by atoms with Crippen molar-refractivity contribution < 1.29 is 4.74 Å². The third-order valence-electron chi connectivity index (χ3n) is 4.85. The van der Waals surface area contributed by atoms with Gasteiger partial charge >= 0.3 is 0 Å². The van der Waals surface area contributed by atoms with Crippen LogP contribution in [0.5, 0.6) is 0 Å². The Kier molecular flexibility index (Phi) is 4.22. The van der Waals surface area contributed by atoms with Gasteiger partial charge in [-0.2, -0.15) is 5.26 Å². The maximum Gasteiger partial charge on any atom is 0.200 e. The largest absolute Gasteiger partial charge is 0.458 e. The summed E-state index contributed by atoms with van der Waals surface area (Å²) >= 11 is 3.63. The first-order valence-corrected chi connectivity index (χ1v) is 8.87. The number of allylic oxidation sites excluding steroid dienone is 1. The molecule has 2 heterocycles. The molecule has 0 radical (unpaired) electrons. The number of fused-ring (bicyclic) bond motifs is 1. The standard InChI is InChI=1S/C19H17BrN4O/c20-14-9-5-4-8-12(14)15-13(10-21)18(22)25-19-16(15)17(23-24-19)11-6-2-1-3-7-11/h1-9,15-17,19,23-24H,22H2. The third kappa shape index (κ3) is 2.71. The molecule has 6 heteroatoms. The second kappa shape index (κ2) is 6.52. The van der Waals surface area contributed by atoms with Crippen LogP contribution in [0.25, 0.3) is 0 Å². The average molecular weight is 397 g/mol. The van der Waals surface area contributed by atoms with Crippen molar-refractivity contribution in [3.63, 3.8) is 0 Å². The number of ether oxygens (including phenoxy) is 1. The van der Waals surface area contributed by atoms with Crippen LogP contribution in [0.2, 0.25) is 0 Å². The molecule has 0 spiro atoms. The first-order chi connectivity index (χ1) is 12.2. The highest BCUT2D eigenvalue weighted by molar-refractivity contribution is 9.10. The molecule has 2 aromatic carbocycles. The fraction of sp³-hybridized carbons (Fsp3) is 0.211. The van der Waals surface area contributed by atoms with E-state index in [1.165, 1.54) is 0 Å². The van der Waals surface area contributed by atoms with E-state index in [2.05, 4.69) is 45.0 Å². The van der Waals surface area contributed by atoms with E-state index in [1.54, 1.807) is 0 Å². The second-order valence-electron chi connectivity index (χ2n) is 6.18. The lowest BCUT2D eigenvalue weighted by Gasteiger charge is -2.36. The van der Waals surface area contributed by atoms with Crippen LogP contribution in [0, 0.1) is 17.2 Å². The molecule has 126 valence electrons. The van der Waals surface area contributed by atoms with Gasteiger partial charge in [-0.05, 0) is 17.2 Å². The quantitative estimate of drug-likeness (QED) is 0.726. The lowest BCUT2D eigenvalue weighted by Crippen LogP contribution is -2.41. The Morgan fingerprint density at radius 3 is 2.48 bits per heavy atom. The van der Waals surface area contributed by atoms with Crippen molar-refractivity contribution in [2.75, 3.05) is 0 Å². The Balaban J connectivity index is 1.85. The van der Waals surface area contributed by atoms with E-state index in [0.717, 1.165) is 15.6 Å². The van der Waals surface area contributed by atoms with E-state index in [9.17, 15) is 5.26 Å². The number of halogens is 1. The monoisotopic (exact) mass is 396 g/mol. The summed E-state index contributed by atoms with van der Waals surface area (Å²) in [6, 6.07) is 20.4. The van der Waals surface area contributed by atoms with E-state index >= 15 is 0 Å². The fourth-order valence-corrected chi connectivity index (χ4v) is 4.27. The van der Waals surface area contributed by atoms with E-state index in [4.69, 9.17) is 10.5 Å². The Morgan fingerprint density at radius 2 is 1.76 bits per heavy atom. The number of nitrogens with two attached hydrogens (primary N) is 1. The molecule has 4 rings (SSSR count). The first kappa shape index (κ1) is 16.2. The minimum atomic E-state index is -0.306. The van der Waals surface area contributed by atoms with E-state index in [0.29, 0.717) is 5.57 Å². The highest BCUT2D eigenvalue weighted by Gasteiger charge is 2.49. The van der Waals surface area contributed by atoms with Gasteiger partial charge < -0.3 is 10.5 Å². The lowest BCUT2D eigenvalue weighted by atomic mass is 9.74. The zero-order valence-electron chi connectivity index (χ0n) is 13.3. The van der Waals surface area contributed by atoms with Gasteiger partial charge in [0.2, 0.25) is 5.88 Å². The summed E-state index contributed by atoms with van der Waals surface area (Å²) in [4.78, 5) is 0. The first-order valence-electron chi connectivity index (χ1n) is 8.07. The smallest absolute Gasteiger partial charge is 0.200 e. The molecule has 4 atom stereocenters. The highest BCUT2D eigenvalue weighted by Crippen LogP contribution is 2.48. The van der Waals surface area contributed by atoms with Crippen molar-refractivity contribution in [2.45, 2.75) is 18.2 Å². The zero-order valence-corrected chi connectivity index (χ0v) is 14.9. The molecule has 2 aliphatic rings. The van der Waals surface area contributed by atoms with Crippen molar-refractivity contribution in [1.29, 1.82) is 5.26 Å². The van der Waals surface area contributed by atoms with Crippen LogP contribution in [0.4, 0.5) is 0 Å². The lowest BCUT2D eigenvalue weighted by molar-refractivity contribution is 0.0340. The molecule has 0 saturated carbocycles. The SMILES string of the molecule is N#CC1=C(N)OC2NNC(c3ccccc3)C2C1c1ccccc1Br. The number of hydrogen-bond donors (Lipinski definition) is 3. The minimum Gasteiger partial charge on any atom is -0.458 e. The molecule has 1 saturated heterocycles. The highest BCUT2D eigenvalue weighted by atomic mass is 79.9. The summed E-state index contributed by atoms with van der Waals surface area (Å²) in [5, 5.41) is 9.74. The average Bonchev–Trinajstić information content (AvgIpc) is 3.05. The van der Waals surface area contributed by atoms with Crippen molar-refractivity contribution in [1.82, 2.24) is 10.9 Å². The van der Waals surface area contributed by atoms with Gasteiger partial charge in [0.25, 0.3) is 0 Å². The van der Waals surface area contributed by atoms with Crippen molar-refractivity contribution in [3.05, 3.63) is 81.7 Å². The zero-order chi connectivity index (χ0) is 17.4. The molecular weight excluding hydrogens is 380 g/mol. The molecule has 0 aromatic heterocycles. The van der Waals surface area contributed by atoms with E-state index < -0.39 is 0 Å². The second-order valence-corrected chi connectivity index (χ2v) is 7.04. The van der Waals surface area contributed by atoms with Crippen LogP contribution in [-0.4, -0.2) is 6.23 Å². The normalized spacial score (nSPS) is 28.2. The minimum absolute atomic E-state index is 0.000226. The van der Waals surface area contributed by atoms with Gasteiger partial charge in [0.15, 0.2) is 6.23 Å². The number of nitrogens with one attached hydrogen (secondary N) is 2. The van der Waals surface area contributed by atoms with Gasteiger partial charge in [-0.3, -0.25) is 0 Å². The number of benzene rings is 2. The maximum atomic E-state index is 9.74. The Bertz CT molecular complexity index is 861. The Morgan fingerprint density at radius 1 is 1.04 bits per heavy atom. The van der Waals surface area contributed by atoms with Crippen LogP contribution in [0.3, 0.4) is 0 Å². The topological polar surface area (TPSA) is 83.1 Å². The molecule has 1 fully saturated rings. The predicted octanol–water partition coefficient (Wildman–Crippen LogP) is 3.05. The number of nitriles is 1. The van der Waals surface area contributed by atoms with Gasteiger partial charge in [0.05, 0.1) is 11.6 Å². The van der Waals surface area contributed by atoms with Gasteiger partial charge in [-0.1, -0.05) is 64.5 Å². The van der Waals surface area contributed by atoms with Crippen molar-refractivity contribution in [2.24, 2.45) is 11.7 Å². The third-order valence-corrected chi connectivity index (χ3v) is 5.57. The molecule has 4 unspecified atom stereocenters. The van der Waals surface area contributed by atoms with Gasteiger partial charge in [-0.25, -0.2) is 10.9 Å². The number of hydrazine groups is 1. The van der Waals surface area contributed by atoms with Crippen LogP contribution in [0.15, 0.2) is 70.5 Å². The summed E-state index contributed by atoms with van der Waals surface area (Å²) in [7, 11) is 0.